The first-order chi connectivity index (χ1) is 8.59. The van der Waals surface area contributed by atoms with Crippen LogP contribution in [0.3, 0.4) is 0 Å². The van der Waals surface area contributed by atoms with Crippen LogP contribution >= 0.6 is 0 Å². The van der Waals surface area contributed by atoms with E-state index in [4.69, 9.17) is 0 Å². The van der Waals surface area contributed by atoms with Crippen molar-refractivity contribution in [3.8, 4) is 0 Å². The number of nitrogens with zero attached hydrogens (tertiary/aromatic N) is 1. The van der Waals surface area contributed by atoms with Gasteiger partial charge in [-0.25, -0.2) is 0 Å². The van der Waals surface area contributed by atoms with Gasteiger partial charge in [0.15, 0.2) is 0 Å². The summed E-state index contributed by atoms with van der Waals surface area (Å²) in [6, 6.07) is 9.05. The predicted molar refractivity (Wildman–Crippen MR) is 78.3 cm³/mol. The number of hydrogen-bond acceptors (Lipinski definition) is 1. The van der Waals surface area contributed by atoms with Crippen molar-refractivity contribution in [1.82, 2.24) is 0 Å². The summed E-state index contributed by atoms with van der Waals surface area (Å²) in [7, 11) is 2.30. The molecule has 1 saturated carbocycles. The van der Waals surface area contributed by atoms with Gasteiger partial charge in [0.1, 0.15) is 0 Å². The number of fused-ring (bicyclic) bond motifs is 3. The number of para-hydroxylation sites is 1. The lowest BCUT2D eigenvalue weighted by molar-refractivity contribution is 0.212. The minimum Gasteiger partial charge on any atom is -0.368 e. The third-order valence-corrected chi connectivity index (χ3v) is 5.88. The lowest BCUT2D eigenvalue weighted by Gasteiger charge is -2.47. The van der Waals surface area contributed by atoms with E-state index in [9.17, 15) is 0 Å². The summed E-state index contributed by atoms with van der Waals surface area (Å²) in [5.74, 6) is 0. The van der Waals surface area contributed by atoms with Gasteiger partial charge < -0.3 is 4.90 Å². The van der Waals surface area contributed by atoms with Crippen molar-refractivity contribution in [1.29, 1.82) is 0 Å². The number of hydrogen-bond donors (Lipinski definition) is 0. The second-order valence-corrected chi connectivity index (χ2v) is 6.60. The molecule has 2 atom stereocenters. The average Bonchev–Trinajstić information content (AvgIpc) is 2.53. The second-order valence-electron chi connectivity index (χ2n) is 6.60. The van der Waals surface area contributed by atoms with Gasteiger partial charge in [-0.15, -0.1) is 0 Å². The zero-order chi connectivity index (χ0) is 12.8. The van der Waals surface area contributed by atoms with Crippen LogP contribution < -0.4 is 4.90 Å². The zero-order valence-corrected chi connectivity index (χ0v) is 12.0. The van der Waals surface area contributed by atoms with Crippen molar-refractivity contribution in [2.24, 2.45) is 0 Å². The van der Waals surface area contributed by atoms with Gasteiger partial charge in [0, 0.05) is 23.7 Å². The fraction of sp³-hybridized carbons (Fsp3) is 0.647. The van der Waals surface area contributed by atoms with Crippen LogP contribution in [0.2, 0.25) is 0 Å². The molecule has 2 aliphatic rings. The molecular formula is C17H25N. The normalized spacial score (nSPS) is 35.6. The van der Waals surface area contributed by atoms with E-state index in [1.54, 1.807) is 5.56 Å². The van der Waals surface area contributed by atoms with E-state index in [0.29, 0.717) is 11.0 Å². The summed E-state index contributed by atoms with van der Waals surface area (Å²) in [5.41, 5.74) is 3.68. The van der Waals surface area contributed by atoms with Crippen LogP contribution in [0.4, 0.5) is 5.69 Å². The first-order valence-corrected chi connectivity index (χ1v) is 7.43. The molecule has 0 saturated heterocycles. The molecular weight excluding hydrogens is 218 g/mol. The number of likely N-dealkylation sites (N-methyl/N-ethyl adjacent to an activating group) is 1. The maximum absolute atomic E-state index is 2.56. The van der Waals surface area contributed by atoms with Crippen molar-refractivity contribution in [3.63, 3.8) is 0 Å². The fourth-order valence-corrected chi connectivity index (χ4v) is 4.31. The molecule has 98 valence electrons. The monoisotopic (exact) mass is 243 g/mol. The molecule has 1 aliphatic heterocycles. The molecule has 1 heteroatoms. The van der Waals surface area contributed by atoms with Gasteiger partial charge in [-0.1, -0.05) is 50.8 Å². The third-order valence-electron chi connectivity index (χ3n) is 5.88. The summed E-state index contributed by atoms with van der Waals surface area (Å²) in [5, 5.41) is 0. The molecule has 1 aromatic rings. The molecule has 18 heavy (non-hydrogen) atoms. The molecule has 0 amide bonds. The minimum absolute atomic E-state index is 0.303. The lowest BCUT2D eigenvalue weighted by Crippen LogP contribution is -2.53. The number of anilines is 1. The van der Waals surface area contributed by atoms with E-state index in [-0.39, 0.29) is 0 Å². The SMILES string of the molecule is CN1c2ccccc2C2(C)CCCCCCC12C. The van der Waals surface area contributed by atoms with Crippen molar-refractivity contribution >= 4 is 5.69 Å². The van der Waals surface area contributed by atoms with Crippen molar-refractivity contribution in [3.05, 3.63) is 29.8 Å². The Bertz CT molecular complexity index is 453. The van der Waals surface area contributed by atoms with Crippen molar-refractivity contribution < 1.29 is 0 Å². The van der Waals surface area contributed by atoms with Crippen molar-refractivity contribution in [2.75, 3.05) is 11.9 Å². The Morgan fingerprint density at radius 2 is 1.61 bits per heavy atom. The van der Waals surface area contributed by atoms with Crippen molar-refractivity contribution in [2.45, 2.75) is 63.3 Å². The van der Waals surface area contributed by atoms with Crippen LogP contribution in [0.15, 0.2) is 24.3 Å². The summed E-state index contributed by atoms with van der Waals surface area (Å²) < 4.78 is 0. The van der Waals surface area contributed by atoms with E-state index in [1.807, 2.05) is 0 Å². The Morgan fingerprint density at radius 3 is 2.39 bits per heavy atom. The quantitative estimate of drug-likeness (QED) is 0.648. The summed E-state index contributed by atoms with van der Waals surface area (Å²) >= 11 is 0. The summed E-state index contributed by atoms with van der Waals surface area (Å²) in [6.45, 7) is 4.99. The highest BCUT2D eigenvalue weighted by Crippen LogP contribution is 2.56. The smallest absolute Gasteiger partial charge is 0.0465 e. The van der Waals surface area contributed by atoms with Crippen LogP contribution in [-0.2, 0) is 5.41 Å². The Balaban J connectivity index is 2.14. The number of benzene rings is 1. The fourth-order valence-electron chi connectivity index (χ4n) is 4.31. The molecule has 1 aliphatic carbocycles. The van der Waals surface area contributed by atoms with Crippen LogP contribution in [0.25, 0.3) is 0 Å². The van der Waals surface area contributed by atoms with E-state index in [0.717, 1.165) is 0 Å². The molecule has 1 fully saturated rings. The van der Waals surface area contributed by atoms with Crippen LogP contribution in [0.1, 0.15) is 57.9 Å². The van der Waals surface area contributed by atoms with Gasteiger partial charge in [0.2, 0.25) is 0 Å². The van der Waals surface area contributed by atoms with Crippen LogP contribution in [0.5, 0.6) is 0 Å². The van der Waals surface area contributed by atoms with E-state index in [2.05, 4.69) is 50.1 Å². The lowest BCUT2D eigenvalue weighted by atomic mass is 9.64. The maximum Gasteiger partial charge on any atom is 0.0465 e. The molecule has 2 unspecified atom stereocenters. The molecule has 3 rings (SSSR count). The van der Waals surface area contributed by atoms with E-state index in [1.165, 1.54) is 44.2 Å². The molecule has 0 radical (unpaired) electrons. The van der Waals surface area contributed by atoms with Gasteiger partial charge in [-0.2, -0.15) is 0 Å². The largest absolute Gasteiger partial charge is 0.368 e. The highest BCUT2D eigenvalue weighted by atomic mass is 15.2. The first kappa shape index (κ1) is 12.1. The maximum atomic E-state index is 2.56. The standard InChI is InChI=1S/C17H25N/c1-16-12-8-4-5-9-13-17(16,2)18(3)15-11-7-6-10-14(15)16/h6-7,10-11H,4-5,8-9,12-13H2,1-3H3. The Hall–Kier alpha value is -0.980. The molecule has 0 aromatic heterocycles. The Kier molecular flexibility index (Phi) is 2.69. The van der Waals surface area contributed by atoms with Gasteiger partial charge in [0.05, 0.1) is 0 Å². The predicted octanol–water partition coefficient (Wildman–Crippen LogP) is 4.51. The van der Waals surface area contributed by atoms with E-state index < -0.39 is 0 Å². The zero-order valence-electron chi connectivity index (χ0n) is 12.0. The number of rotatable bonds is 0. The molecule has 0 bridgehead atoms. The van der Waals surface area contributed by atoms with Gasteiger partial charge in [-0.3, -0.25) is 0 Å². The molecule has 1 aromatic carbocycles. The van der Waals surface area contributed by atoms with Gasteiger partial charge in [0.25, 0.3) is 0 Å². The third kappa shape index (κ3) is 1.39. The average molecular weight is 243 g/mol. The molecule has 0 N–H and O–H groups in total. The Labute approximate surface area is 111 Å². The topological polar surface area (TPSA) is 3.24 Å². The Morgan fingerprint density at radius 1 is 0.944 bits per heavy atom. The second kappa shape index (κ2) is 4.01. The molecule has 0 spiro atoms. The van der Waals surface area contributed by atoms with Gasteiger partial charge >= 0.3 is 0 Å². The highest BCUT2D eigenvalue weighted by Gasteiger charge is 2.54. The summed E-state index contributed by atoms with van der Waals surface area (Å²) in [4.78, 5) is 2.56. The summed E-state index contributed by atoms with van der Waals surface area (Å²) in [6.07, 6.45) is 8.26. The van der Waals surface area contributed by atoms with Crippen LogP contribution in [-0.4, -0.2) is 12.6 Å². The highest BCUT2D eigenvalue weighted by molar-refractivity contribution is 5.66. The first-order valence-electron chi connectivity index (χ1n) is 7.43. The van der Waals surface area contributed by atoms with Gasteiger partial charge in [-0.05, 0) is 31.4 Å². The molecule has 1 nitrogen and oxygen atoms in total. The van der Waals surface area contributed by atoms with Crippen LogP contribution in [0, 0.1) is 0 Å². The minimum atomic E-state index is 0.303. The molecule has 1 heterocycles. The van der Waals surface area contributed by atoms with E-state index >= 15 is 0 Å².